The fourth-order valence-electron chi connectivity index (χ4n) is 9.43. The van der Waals surface area contributed by atoms with Crippen LogP contribution >= 0.6 is 0 Å². The van der Waals surface area contributed by atoms with E-state index in [0.29, 0.717) is 23.9 Å². The first-order valence-corrected chi connectivity index (χ1v) is 33.1. The van der Waals surface area contributed by atoms with Gasteiger partial charge in [-0.25, -0.2) is 0 Å². The number of esters is 2. The van der Waals surface area contributed by atoms with Crippen molar-refractivity contribution in [3.05, 3.63) is 72.9 Å². The van der Waals surface area contributed by atoms with Gasteiger partial charge in [-0.2, -0.15) is 0 Å². The Hall–Kier alpha value is -3.27. The molecule has 0 aliphatic rings. The first-order chi connectivity index (χ1) is 38.6. The molecule has 0 amide bonds. The van der Waals surface area contributed by atoms with Gasteiger partial charge in [0.05, 0.1) is 40.3 Å². The number of hydrogen-bond donors (Lipinski definition) is 0. The summed E-state index contributed by atoms with van der Waals surface area (Å²) in [5.74, 6) is -2.28. The van der Waals surface area contributed by atoms with Crippen molar-refractivity contribution in [2.75, 3.05) is 47.5 Å². The van der Waals surface area contributed by atoms with E-state index in [0.717, 1.165) is 83.5 Å². The number of hydrogen-bond acceptors (Lipinski definition) is 8. The number of carbonyl (C=O) groups excluding carboxylic acids is 3. The summed E-state index contributed by atoms with van der Waals surface area (Å²) in [6, 6.07) is 0. The number of carboxylic acids is 1. The normalized spacial score (nSPS) is 13.2. The van der Waals surface area contributed by atoms with Crippen LogP contribution in [0.1, 0.15) is 296 Å². The smallest absolute Gasteiger partial charge is 0.306 e. The van der Waals surface area contributed by atoms with E-state index in [-0.39, 0.29) is 32.2 Å². The summed E-state index contributed by atoms with van der Waals surface area (Å²) < 4.78 is 22.8. The minimum Gasteiger partial charge on any atom is -0.545 e. The standard InChI is InChI=1S/C70H125NO8/c1-6-8-10-12-14-16-18-20-22-24-26-28-30-32-34-36-38-40-42-44-46-48-50-52-54-56-58-60-67(72)77-64-66(65-78-70(69(74)75)76-63-62-71(3,4)5)79-68(73)61-59-57-55-53-51-49-47-45-43-41-39-37-35-33-31-29-27-25-23-21-19-17-15-13-11-9-7-2/h9,11,15,17,21,23,27,29,33,35,39,41,66,70H,6-8,10,12-14,16,18-20,22,24-26,28,30-32,34,36-38,40,42-65H2,1-5H3/b11-9-,17-15-,23-21-,29-27-,35-33-,41-39-. The van der Waals surface area contributed by atoms with E-state index in [2.05, 4.69) is 86.8 Å². The summed E-state index contributed by atoms with van der Waals surface area (Å²) in [5, 5.41) is 11.8. The zero-order valence-electron chi connectivity index (χ0n) is 52.2. The van der Waals surface area contributed by atoms with Crippen molar-refractivity contribution >= 4 is 17.9 Å². The molecule has 0 heterocycles. The molecule has 0 saturated heterocycles. The summed E-state index contributed by atoms with van der Waals surface area (Å²) in [4.78, 5) is 37.4. The largest absolute Gasteiger partial charge is 0.545 e. The lowest BCUT2D eigenvalue weighted by Gasteiger charge is -2.26. The van der Waals surface area contributed by atoms with Gasteiger partial charge in [0, 0.05) is 12.8 Å². The van der Waals surface area contributed by atoms with Gasteiger partial charge in [0.15, 0.2) is 12.4 Å². The highest BCUT2D eigenvalue weighted by Gasteiger charge is 2.22. The highest BCUT2D eigenvalue weighted by atomic mass is 16.7. The molecule has 0 radical (unpaired) electrons. The molecule has 458 valence electrons. The van der Waals surface area contributed by atoms with Crippen LogP contribution in [0.2, 0.25) is 0 Å². The van der Waals surface area contributed by atoms with E-state index in [1.807, 2.05) is 21.1 Å². The third-order valence-electron chi connectivity index (χ3n) is 14.5. The van der Waals surface area contributed by atoms with Gasteiger partial charge >= 0.3 is 11.9 Å². The lowest BCUT2D eigenvalue weighted by atomic mass is 10.0. The molecule has 9 heteroatoms. The molecular weight excluding hydrogens is 983 g/mol. The van der Waals surface area contributed by atoms with E-state index in [4.69, 9.17) is 18.9 Å². The summed E-state index contributed by atoms with van der Waals surface area (Å²) in [7, 11) is 5.93. The van der Waals surface area contributed by atoms with Crippen molar-refractivity contribution in [2.45, 2.75) is 309 Å². The minimum absolute atomic E-state index is 0.144. The van der Waals surface area contributed by atoms with Gasteiger partial charge in [-0.15, -0.1) is 0 Å². The van der Waals surface area contributed by atoms with Crippen LogP contribution in [0.3, 0.4) is 0 Å². The van der Waals surface area contributed by atoms with Gasteiger partial charge in [-0.3, -0.25) is 9.59 Å². The highest BCUT2D eigenvalue weighted by Crippen LogP contribution is 2.18. The molecule has 0 saturated carbocycles. The van der Waals surface area contributed by atoms with Crippen LogP contribution in [-0.4, -0.2) is 82.3 Å². The highest BCUT2D eigenvalue weighted by molar-refractivity contribution is 5.70. The molecule has 0 N–H and O–H groups in total. The second kappa shape index (κ2) is 60.8. The topological polar surface area (TPSA) is 111 Å². The van der Waals surface area contributed by atoms with Gasteiger partial charge < -0.3 is 33.3 Å². The lowest BCUT2D eigenvalue weighted by molar-refractivity contribution is -0.870. The van der Waals surface area contributed by atoms with Crippen LogP contribution < -0.4 is 5.11 Å². The maximum Gasteiger partial charge on any atom is 0.306 e. The molecule has 0 bridgehead atoms. The average molecular weight is 1110 g/mol. The Balaban J connectivity index is 4.17. The second-order valence-corrected chi connectivity index (χ2v) is 23.4. The third-order valence-corrected chi connectivity index (χ3v) is 14.5. The Morgan fingerprint density at radius 2 is 0.722 bits per heavy atom. The molecule has 2 unspecified atom stereocenters. The van der Waals surface area contributed by atoms with E-state index in [1.54, 1.807) is 0 Å². The molecular formula is C70H125NO8. The van der Waals surface area contributed by atoms with Crippen molar-refractivity contribution < 1.29 is 42.9 Å². The van der Waals surface area contributed by atoms with Crippen molar-refractivity contribution in [2.24, 2.45) is 0 Å². The Labute approximate surface area is 487 Å². The number of likely N-dealkylation sites (N-methyl/N-ethyl adjacent to an activating group) is 1. The number of ether oxygens (including phenoxy) is 4. The maximum atomic E-state index is 12.9. The van der Waals surface area contributed by atoms with E-state index < -0.39 is 24.3 Å². The first kappa shape index (κ1) is 75.7. The molecule has 0 rings (SSSR count). The Morgan fingerprint density at radius 3 is 1.08 bits per heavy atom. The number of rotatable bonds is 61. The second-order valence-electron chi connectivity index (χ2n) is 23.4. The van der Waals surface area contributed by atoms with Crippen molar-refractivity contribution in [3.63, 3.8) is 0 Å². The molecule has 0 fully saturated rings. The van der Waals surface area contributed by atoms with Crippen molar-refractivity contribution in [1.82, 2.24) is 0 Å². The van der Waals surface area contributed by atoms with Crippen LogP contribution in [0, 0.1) is 0 Å². The molecule has 0 aromatic rings. The quantitative estimate of drug-likeness (QED) is 0.0195. The number of allylic oxidation sites excluding steroid dienone is 12. The fraction of sp³-hybridized carbons (Fsp3) is 0.786. The SMILES string of the molecule is CC/C=C\C/C=C\C/C=C\C/C=C\C/C=C\C/C=C\CCCCCCCCCCC(=O)OC(COC(=O)CCCCCCCCCCCCCCCCCCCCCCCCCCCCC)COC(OCC[N+](C)(C)C)C(=O)[O-]. The van der Waals surface area contributed by atoms with E-state index >= 15 is 0 Å². The molecule has 0 aromatic carbocycles. The summed E-state index contributed by atoms with van der Waals surface area (Å²) in [6.07, 6.45) is 76.8. The number of carboxylic acid groups (broad SMARTS) is 1. The molecule has 0 aliphatic carbocycles. The first-order valence-electron chi connectivity index (χ1n) is 33.1. The zero-order valence-corrected chi connectivity index (χ0v) is 52.2. The third kappa shape index (κ3) is 62.2. The van der Waals surface area contributed by atoms with Crippen LogP contribution in [0.15, 0.2) is 72.9 Å². The lowest BCUT2D eigenvalue weighted by Crippen LogP contribution is -2.44. The van der Waals surface area contributed by atoms with Gasteiger partial charge in [0.25, 0.3) is 0 Å². The Kier molecular flexibility index (Phi) is 58.3. The predicted octanol–water partition coefficient (Wildman–Crippen LogP) is 18.8. The molecule has 9 nitrogen and oxygen atoms in total. The number of carbonyl (C=O) groups is 3. The van der Waals surface area contributed by atoms with Gasteiger partial charge in [-0.05, 0) is 64.2 Å². The summed E-state index contributed by atoms with van der Waals surface area (Å²) >= 11 is 0. The molecule has 2 atom stereocenters. The summed E-state index contributed by atoms with van der Waals surface area (Å²) in [6.45, 7) is 4.66. The van der Waals surface area contributed by atoms with Crippen LogP contribution in [0.25, 0.3) is 0 Å². The number of aliphatic carboxylic acids is 1. The number of unbranched alkanes of at least 4 members (excludes halogenated alkanes) is 34. The van der Waals surface area contributed by atoms with Crippen LogP contribution in [-0.2, 0) is 33.3 Å². The zero-order chi connectivity index (χ0) is 57.6. The van der Waals surface area contributed by atoms with E-state index in [1.165, 1.54) is 180 Å². The molecule has 79 heavy (non-hydrogen) atoms. The maximum absolute atomic E-state index is 12.9. The molecule has 0 spiro atoms. The van der Waals surface area contributed by atoms with Crippen LogP contribution in [0.5, 0.6) is 0 Å². The fourth-order valence-corrected chi connectivity index (χ4v) is 9.43. The Morgan fingerprint density at radius 1 is 0.392 bits per heavy atom. The number of nitrogens with zero attached hydrogens (tertiary/aromatic N) is 1. The average Bonchev–Trinajstić information content (AvgIpc) is 3.42. The monoisotopic (exact) mass is 1110 g/mol. The van der Waals surface area contributed by atoms with Crippen molar-refractivity contribution in [1.29, 1.82) is 0 Å². The van der Waals surface area contributed by atoms with Gasteiger partial charge in [0.1, 0.15) is 13.2 Å². The van der Waals surface area contributed by atoms with E-state index in [9.17, 15) is 19.5 Å². The van der Waals surface area contributed by atoms with Crippen LogP contribution in [0.4, 0.5) is 0 Å². The molecule has 0 aliphatic heterocycles. The molecule has 0 aromatic heterocycles. The summed E-state index contributed by atoms with van der Waals surface area (Å²) in [5.41, 5.74) is 0. The Bertz CT molecular complexity index is 1520. The van der Waals surface area contributed by atoms with Gasteiger partial charge in [-0.1, -0.05) is 292 Å². The predicted molar refractivity (Wildman–Crippen MR) is 334 cm³/mol. The minimum atomic E-state index is -1.63. The van der Waals surface area contributed by atoms with Gasteiger partial charge in [0.2, 0.25) is 0 Å². The van der Waals surface area contributed by atoms with Crippen molar-refractivity contribution in [3.8, 4) is 0 Å². The number of quaternary nitrogens is 1.